The molecular formula is C11H23NOS. The van der Waals surface area contributed by atoms with Gasteiger partial charge in [-0.05, 0) is 31.9 Å². The average Bonchev–Trinajstić information content (AvgIpc) is 2.14. The van der Waals surface area contributed by atoms with E-state index in [0.29, 0.717) is 6.04 Å². The van der Waals surface area contributed by atoms with E-state index >= 15 is 0 Å². The van der Waals surface area contributed by atoms with E-state index in [1.807, 2.05) is 18.7 Å². The van der Waals surface area contributed by atoms with Crippen LogP contribution >= 0.6 is 11.8 Å². The van der Waals surface area contributed by atoms with Crippen molar-refractivity contribution < 1.29 is 5.11 Å². The topological polar surface area (TPSA) is 46.2 Å². The van der Waals surface area contributed by atoms with Gasteiger partial charge in [-0.3, -0.25) is 0 Å². The van der Waals surface area contributed by atoms with Gasteiger partial charge in [-0.2, -0.15) is 11.8 Å². The summed E-state index contributed by atoms with van der Waals surface area (Å²) in [5.74, 6) is 1.99. The molecule has 1 fully saturated rings. The zero-order valence-electron chi connectivity index (χ0n) is 9.17. The van der Waals surface area contributed by atoms with Gasteiger partial charge in [-0.1, -0.05) is 19.3 Å². The first-order valence-electron chi connectivity index (χ1n) is 5.68. The molecule has 1 aliphatic carbocycles. The molecule has 1 saturated carbocycles. The fourth-order valence-electron chi connectivity index (χ4n) is 1.89. The molecule has 0 aromatic heterocycles. The molecule has 3 heteroatoms. The summed E-state index contributed by atoms with van der Waals surface area (Å²) in [6.45, 7) is 2.04. The van der Waals surface area contributed by atoms with Crippen LogP contribution in [0.5, 0.6) is 0 Å². The van der Waals surface area contributed by atoms with Gasteiger partial charge in [0.1, 0.15) is 0 Å². The molecule has 0 radical (unpaired) electrons. The third-order valence-electron chi connectivity index (χ3n) is 2.87. The van der Waals surface area contributed by atoms with Crippen LogP contribution in [0.15, 0.2) is 0 Å². The SMILES string of the molecule is CC(N)CCSCC1(O)CCCCC1. The average molecular weight is 217 g/mol. The van der Waals surface area contributed by atoms with E-state index in [4.69, 9.17) is 5.73 Å². The maximum Gasteiger partial charge on any atom is 0.0737 e. The van der Waals surface area contributed by atoms with Gasteiger partial charge in [0.15, 0.2) is 0 Å². The Labute approximate surface area is 91.6 Å². The van der Waals surface area contributed by atoms with Crippen molar-refractivity contribution in [1.29, 1.82) is 0 Å². The van der Waals surface area contributed by atoms with Gasteiger partial charge in [0, 0.05) is 11.8 Å². The minimum Gasteiger partial charge on any atom is -0.389 e. The molecule has 0 saturated heterocycles. The number of thioether (sulfide) groups is 1. The van der Waals surface area contributed by atoms with Crippen LogP contribution in [-0.4, -0.2) is 28.3 Å². The Bertz CT molecular complexity index is 155. The number of nitrogens with two attached hydrogens (primary N) is 1. The van der Waals surface area contributed by atoms with Crippen molar-refractivity contribution >= 4 is 11.8 Å². The number of hydrogen-bond donors (Lipinski definition) is 2. The highest BCUT2D eigenvalue weighted by molar-refractivity contribution is 7.99. The first-order valence-corrected chi connectivity index (χ1v) is 6.84. The first kappa shape index (κ1) is 12.3. The van der Waals surface area contributed by atoms with Crippen LogP contribution in [0, 0.1) is 0 Å². The number of hydrogen-bond acceptors (Lipinski definition) is 3. The molecule has 0 aromatic carbocycles. The quantitative estimate of drug-likeness (QED) is 0.694. The molecule has 0 aliphatic heterocycles. The molecule has 2 nitrogen and oxygen atoms in total. The molecule has 0 heterocycles. The normalized spacial score (nSPS) is 23.4. The molecule has 84 valence electrons. The van der Waals surface area contributed by atoms with Crippen LogP contribution in [0.1, 0.15) is 45.4 Å². The van der Waals surface area contributed by atoms with Crippen molar-refractivity contribution in [3.8, 4) is 0 Å². The second-order valence-electron chi connectivity index (χ2n) is 4.60. The lowest BCUT2D eigenvalue weighted by atomic mass is 9.86. The second-order valence-corrected chi connectivity index (χ2v) is 5.71. The molecular weight excluding hydrogens is 194 g/mol. The monoisotopic (exact) mass is 217 g/mol. The summed E-state index contributed by atoms with van der Waals surface area (Å²) in [7, 11) is 0. The Kier molecular flexibility index (Phi) is 5.28. The number of rotatable bonds is 5. The summed E-state index contributed by atoms with van der Waals surface area (Å²) in [5.41, 5.74) is 5.31. The van der Waals surface area contributed by atoms with E-state index in [1.54, 1.807) is 0 Å². The van der Waals surface area contributed by atoms with E-state index in [2.05, 4.69) is 0 Å². The van der Waals surface area contributed by atoms with Gasteiger partial charge in [-0.15, -0.1) is 0 Å². The maximum absolute atomic E-state index is 10.2. The van der Waals surface area contributed by atoms with Crippen LogP contribution in [-0.2, 0) is 0 Å². The lowest BCUT2D eigenvalue weighted by Crippen LogP contribution is -2.34. The predicted octanol–water partition coefficient (Wildman–Crippen LogP) is 2.15. The summed E-state index contributed by atoms with van der Waals surface area (Å²) >= 11 is 1.86. The van der Waals surface area contributed by atoms with Crippen molar-refractivity contribution in [2.45, 2.75) is 57.1 Å². The van der Waals surface area contributed by atoms with E-state index in [-0.39, 0.29) is 5.60 Å². The van der Waals surface area contributed by atoms with Gasteiger partial charge in [-0.25, -0.2) is 0 Å². The Morgan fingerprint density at radius 3 is 2.57 bits per heavy atom. The summed E-state index contributed by atoms with van der Waals surface area (Å²) in [6, 6.07) is 0.295. The molecule has 1 rings (SSSR count). The Morgan fingerprint density at radius 2 is 2.00 bits per heavy atom. The minimum atomic E-state index is -0.360. The van der Waals surface area contributed by atoms with E-state index in [1.165, 1.54) is 19.3 Å². The summed E-state index contributed by atoms with van der Waals surface area (Å²) in [4.78, 5) is 0. The van der Waals surface area contributed by atoms with Gasteiger partial charge >= 0.3 is 0 Å². The van der Waals surface area contributed by atoms with Gasteiger partial charge in [0.05, 0.1) is 5.60 Å². The van der Waals surface area contributed by atoms with E-state index in [0.717, 1.165) is 30.8 Å². The molecule has 1 atom stereocenters. The molecule has 3 N–H and O–H groups in total. The third kappa shape index (κ3) is 4.67. The van der Waals surface area contributed by atoms with Crippen LogP contribution in [0.2, 0.25) is 0 Å². The lowest BCUT2D eigenvalue weighted by molar-refractivity contribution is 0.0273. The molecule has 1 unspecified atom stereocenters. The fraction of sp³-hybridized carbons (Fsp3) is 1.00. The third-order valence-corrected chi connectivity index (χ3v) is 4.14. The van der Waals surface area contributed by atoms with Crippen LogP contribution in [0.4, 0.5) is 0 Å². The predicted molar refractivity (Wildman–Crippen MR) is 63.6 cm³/mol. The molecule has 14 heavy (non-hydrogen) atoms. The summed E-state index contributed by atoms with van der Waals surface area (Å²) in [6.07, 6.45) is 6.75. The van der Waals surface area contributed by atoms with Gasteiger partial charge < -0.3 is 10.8 Å². The summed E-state index contributed by atoms with van der Waals surface area (Å²) < 4.78 is 0. The van der Waals surface area contributed by atoms with Crippen molar-refractivity contribution in [2.75, 3.05) is 11.5 Å². The molecule has 0 amide bonds. The van der Waals surface area contributed by atoms with Gasteiger partial charge in [0.2, 0.25) is 0 Å². The first-order chi connectivity index (χ1) is 6.62. The molecule has 0 aromatic rings. The highest BCUT2D eigenvalue weighted by Gasteiger charge is 2.28. The van der Waals surface area contributed by atoms with Crippen LogP contribution in [0.3, 0.4) is 0 Å². The van der Waals surface area contributed by atoms with Crippen molar-refractivity contribution in [2.24, 2.45) is 5.73 Å². The van der Waals surface area contributed by atoms with Crippen molar-refractivity contribution in [3.05, 3.63) is 0 Å². The molecule has 1 aliphatic rings. The van der Waals surface area contributed by atoms with Crippen molar-refractivity contribution in [1.82, 2.24) is 0 Å². The lowest BCUT2D eigenvalue weighted by Gasteiger charge is -2.31. The van der Waals surface area contributed by atoms with E-state index in [9.17, 15) is 5.11 Å². The smallest absolute Gasteiger partial charge is 0.0737 e. The zero-order valence-corrected chi connectivity index (χ0v) is 9.98. The fourth-order valence-corrected chi connectivity index (χ4v) is 3.24. The van der Waals surface area contributed by atoms with E-state index < -0.39 is 0 Å². The largest absolute Gasteiger partial charge is 0.389 e. The summed E-state index contributed by atoms with van der Waals surface area (Å²) in [5, 5.41) is 10.2. The Morgan fingerprint density at radius 1 is 1.36 bits per heavy atom. The highest BCUT2D eigenvalue weighted by atomic mass is 32.2. The Balaban J connectivity index is 2.09. The molecule has 0 bridgehead atoms. The van der Waals surface area contributed by atoms with Crippen LogP contribution in [0.25, 0.3) is 0 Å². The Hall–Kier alpha value is 0.270. The van der Waals surface area contributed by atoms with Crippen molar-refractivity contribution in [3.63, 3.8) is 0 Å². The highest BCUT2D eigenvalue weighted by Crippen LogP contribution is 2.31. The zero-order chi connectivity index (χ0) is 10.4. The minimum absolute atomic E-state index is 0.295. The maximum atomic E-state index is 10.2. The molecule has 0 spiro atoms. The second kappa shape index (κ2) is 5.99. The van der Waals surface area contributed by atoms with Gasteiger partial charge in [0.25, 0.3) is 0 Å². The number of aliphatic hydroxyl groups is 1. The van der Waals surface area contributed by atoms with Crippen LogP contribution < -0.4 is 5.73 Å². The standard InChI is InChI=1S/C11H23NOS/c1-10(12)5-8-14-9-11(13)6-3-2-4-7-11/h10,13H,2-9,12H2,1H3.